The lowest BCUT2D eigenvalue weighted by atomic mass is 10.1. The summed E-state index contributed by atoms with van der Waals surface area (Å²) in [6, 6.07) is 29.1. The number of unbranched alkanes of at least 4 members (excludes halogenated alkanes) is 2. The minimum absolute atomic E-state index is 0.0851. The minimum Gasteiger partial charge on any atom is -0.460 e. The number of H-pyrrole nitrogens is 2. The summed E-state index contributed by atoms with van der Waals surface area (Å²) in [5.41, 5.74) is 8.23. The predicted molar refractivity (Wildman–Crippen MR) is 268 cm³/mol. The number of furan rings is 2. The lowest BCUT2D eigenvalue weighted by molar-refractivity contribution is -0.118. The number of aromatic amines is 2. The van der Waals surface area contributed by atoms with Crippen molar-refractivity contribution < 1.29 is 37.5 Å². The van der Waals surface area contributed by atoms with Gasteiger partial charge >= 0.3 is 11.9 Å². The number of benzene rings is 4. The predicted octanol–water partition coefficient (Wildman–Crippen LogP) is 9.81. The molecule has 0 saturated heterocycles. The fraction of sp³-hybridized carbons (Fsp3) is 0.296. The molecule has 16 nitrogen and oxygen atoms in total. The van der Waals surface area contributed by atoms with Crippen molar-refractivity contribution in [3.63, 3.8) is 0 Å². The van der Waals surface area contributed by atoms with Crippen molar-refractivity contribution in [2.75, 3.05) is 43.5 Å². The van der Waals surface area contributed by atoms with Gasteiger partial charge in [0.1, 0.15) is 11.2 Å². The zero-order valence-electron chi connectivity index (χ0n) is 39.5. The maximum atomic E-state index is 12.6. The third kappa shape index (κ3) is 13.1. The second-order valence-electron chi connectivity index (χ2n) is 16.7. The van der Waals surface area contributed by atoms with E-state index in [1.54, 1.807) is 62.4 Å². The van der Waals surface area contributed by atoms with E-state index in [1.807, 2.05) is 55.7 Å². The Hall–Kier alpha value is -8.18. The van der Waals surface area contributed by atoms with Crippen LogP contribution in [0.3, 0.4) is 0 Å². The van der Waals surface area contributed by atoms with E-state index in [2.05, 4.69) is 43.4 Å². The van der Waals surface area contributed by atoms with Gasteiger partial charge in [-0.25, -0.2) is 9.59 Å². The lowest BCUT2D eigenvalue weighted by Gasteiger charge is -2.14. The van der Waals surface area contributed by atoms with Crippen LogP contribution in [0, 0.1) is 22.7 Å². The molecule has 0 saturated carbocycles. The van der Waals surface area contributed by atoms with Gasteiger partial charge in [-0.3, -0.25) is 9.59 Å². The van der Waals surface area contributed by atoms with Crippen molar-refractivity contribution in [3.05, 3.63) is 131 Å². The number of nitriles is 2. The van der Waals surface area contributed by atoms with Gasteiger partial charge < -0.3 is 49.5 Å². The van der Waals surface area contributed by atoms with Crippen molar-refractivity contribution in [1.29, 1.82) is 10.5 Å². The Morgan fingerprint density at radius 1 is 0.629 bits per heavy atom. The van der Waals surface area contributed by atoms with Gasteiger partial charge in [0.15, 0.2) is 0 Å². The molecular weight excluding hydrogens is 889 g/mol. The van der Waals surface area contributed by atoms with E-state index in [0.29, 0.717) is 58.6 Å². The molecule has 0 unspecified atom stereocenters. The van der Waals surface area contributed by atoms with E-state index < -0.39 is 11.9 Å². The van der Waals surface area contributed by atoms with Crippen molar-refractivity contribution >= 4 is 78.9 Å². The highest BCUT2D eigenvalue weighted by Crippen LogP contribution is 2.26. The van der Waals surface area contributed by atoms with Crippen LogP contribution in [0.15, 0.2) is 106 Å². The summed E-state index contributed by atoms with van der Waals surface area (Å²) in [5.74, 6) is -0.958. The molecule has 2 amide bonds. The van der Waals surface area contributed by atoms with Crippen LogP contribution in [-0.2, 0) is 31.9 Å². The molecule has 8 aromatic rings. The van der Waals surface area contributed by atoms with Gasteiger partial charge in [0.2, 0.25) is 23.3 Å². The molecule has 0 aliphatic rings. The summed E-state index contributed by atoms with van der Waals surface area (Å²) < 4.78 is 20.9. The summed E-state index contributed by atoms with van der Waals surface area (Å²) in [7, 11) is 0. The number of nitrogens with one attached hydrogen (secondary N) is 6. The largest absolute Gasteiger partial charge is 0.460 e. The normalized spacial score (nSPS) is 11.4. The van der Waals surface area contributed by atoms with E-state index in [0.717, 1.165) is 72.3 Å². The number of esters is 2. The highest BCUT2D eigenvalue weighted by Gasteiger charge is 2.17. The lowest BCUT2D eigenvalue weighted by Crippen LogP contribution is -2.38. The van der Waals surface area contributed by atoms with Gasteiger partial charge in [0.25, 0.3) is 0 Å². The Kier molecular flexibility index (Phi) is 17.2. The molecule has 70 heavy (non-hydrogen) atoms. The third-order valence-corrected chi connectivity index (χ3v) is 11.6. The van der Waals surface area contributed by atoms with E-state index in [4.69, 9.17) is 28.8 Å². The van der Waals surface area contributed by atoms with E-state index in [-0.39, 0.29) is 42.6 Å². The summed E-state index contributed by atoms with van der Waals surface area (Å²) in [5, 5.41) is 34.2. The summed E-state index contributed by atoms with van der Waals surface area (Å²) >= 11 is 0. The molecule has 4 aromatic heterocycles. The molecule has 0 aliphatic carbocycles. The molecule has 1 atom stereocenters. The molecule has 4 heterocycles. The Bertz CT molecular complexity index is 3200. The van der Waals surface area contributed by atoms with Crippen molar-refractivity contribution in [2.45, 2.75) is 71.8 Å². The van der Waals surface area contributed by atoms with Crippen molar-refractivity contribution in [1.82, 2.24) is 20.6 Å². The number of nitrogens with zero attached hydrogens (tertiary/aromatic N) is 2. The molecule has 16 heteroatoms. The molecule has 0 spiro atoms. The van der Waals surface area contributed by atoms with Crippen LogP contribution < -0.4 is 21.3 Å². The standard InChI is InChI=1S/2C27H28N4O4/c1-3-34-27(33)25-14-20-13-21(8-10-24(20)35-25)31-26(32)17(2)29-11-5-4-6-19-16-30-23-9-7-18(15-28)12-22(19)23;1-2-34-27(33)25-15-20-14-21(7-9-24(20)35-25)31-26(32)10-12-29-11-4-3-5-19-17-30-23-8-6-18(16-28)13-22(19)23/h7-10,12-14,16-17,29-30H,3-6,11H2,1-2H3,(H,31,32);6-9,13-15,17,29-30H,2-5,10-12H2,1H3,(H,31,32)/t17-;/m1./s1. The average Bonchev–Trinajstić information content (AvgIpc) is 4.18. The number of fused-ring (bicyclic) bond motifs is 4. The average molecular weight is 945 g/mol. The fourth-order valence-corrected chi connectivity index (χ4v) is 7.98. The number of hydrogen-bond acceptors (Lipinski definition) is 12. The number of ether oxygens (including phenoxy) is 2. The molecule has 4 aromatic carbocycles. The second kappa shape index (κ2) is 24.2. The number of anilines is 2. The molecule has 0 aliphatic heterocycles. The van der Waals surface area contributed by atoms with Crippen LogP contribution in [-0.4, -0.2) is 72.6 Å². The topological polar surface area (TPSA) is 240 Å². The first-order chi connectivity index (χ1) is 34.0. The molecule has 0 radical (unpaired) electrons. The number of carbonyl (C=O) groups is 4. The number of hydrogen-bond donors (Lipinski definition) is 6. The zero-order valence-corrected chi connectivity index (χ0v) is 39.5. The highest BCUT2D eigenvalue weighted by atomic mass is 16.5. The first kappa shape index (κ1) is 49.7. The number of rotatable bonds is 21. The summed E-state index contributed by atoms with van der Waals surface area (Å²) in [4.78, 5) is 55.1. The maximum Gasteiger partial charge on any atom is 0.374 e. The highest BCUT2D eigenvalue weighted by molar-refractivity contribution is 5.99. The maximum absolute atomic E-state index is 12.6. The molecule has 0 bridgehead atoms. The second-order valence-corrected chi connectivity index (χ2v) is 16.7. The Labute approximate surface area is 404 Å². The zero-order chi connectivity index (χ0) is 49.4. The van der Waals surface area contributed by atoms with Crippen molar-refractivity contribution in [3.8, 4) is 12.1 Å². The number of aryl methyl sites for hydroxylation is 2. The Morgan fingerprint density at radius 3 is 1.66 bits per heavy atom. The number of aromatic nitrogens is 2. The summed E-state index contributed by atoms with van der Waals surface area (Å²) in [6.45, 7) is 7.98. The monoisotopic (exact) mass is 944 g/mol. The van der Waals surface area contributed by atoms with E-state index >= 15 is 0 Å². The van der Waals surface area contributed by atoms with Gasteiger partial charge in [0, 0.05) is 69.3 Å². The first-order valence-corrected chi connectivity index (χ1v) is 23.5. The van der Waals surface area contributed by atoms with Crippen LogP contribution in [0.2, 0.25) is 0 Å². The van der Waals surface area contributed by atoms with Crippen LogP contribution in [0.25, 0.3) is 43.7 Å². The molecule has 360 valence electrons. The van der Waals surface area contributed by atoms with Gasteiger partial charge in [-0.2, -0.15) is 10.5 Å². The van der Waals surface area contributed by atoms with Crippen LogP contribution in [0.5, 0.6) is 0 Å². The SMILES string of the molecule is CCOC(=O)c1cc2cc(NC(=O)CCNCCCCc3c[nH]c4ccc(C#N)cc34)ccc2o1.CCOC(=O)c1cc2cc(NC(=O)[C@@H](C)NCCCCc3c[nH]c4ccc(C#N)cc34)ccc2o1. The summed E-state index contributed by atoms with van der Waals surface area (Å²) in [6.07, 6.45) is 10.1. The van der Waals surface area contributed by atoms with E-state index in [1.165, 1.54) is 11.1 Å². The molecule has 8 rings (SSSR count). The number of amides is 2. The van der Waals surface area contributed by atoms with Crippen LogP contribution >= 0.6 is 0 Å². The van der Waals surface area contributed by atoms with Crippen molar-refractivity contribution in [2.24, 2.45) is 0 Å². The van der Waals surface area contributed by atoms with Gasteiger partial charge in [-0.05, 0) is 168 Å². The quantitative estimate of drug-likeness (QED) is 0.0291. The minimum atomic E-state index is -0.510. The fourth-order valence-electron chi connectivity index (χ4n) is 7.98. The molecular formula is C54H56N8O8. The Balaban J connectivity index is 0.000000206. The third-order valence-electron chi connectivity index (χ3n) is 11.6. The molecule has 0 fully saturated rings. The van der Waals surface area contributed by atoms with Gasteiger partial charge in [0.05, 0.1) is 42.5 Å². The molecule has 6 N–H and O–H groups in total. The van der Waals surface area contributed by atoms with E-state index in [9.17, 15) is 19.2 Å². The van der Waals surface area contributed by atoms with Crippen LogP contribution in [0.1, 0.15) is 96.2 Å². The van der Waals surface area contributed by atoms with Gasteiger partial charge in [-0.1, -0.05) is 0 Å². The van der Waals surface area contributed by atoms with Crippen LogP contribution in [0.4, 0.5) is 11.4 Å². The van der Waals surface area contributed by atoms with Gasteiger partial charge in [-0.15, -0.1) is 0 Å². The smallest absolute Gasteiger partial charge is 0.374 e. The number of carbonyl (C=O) groups excluding carboxylic acids is 4. The first-order valence-electron chi connectivity index (χ1n) is 23.5. The Morgan fingerprint density at radius 2 is 1.14 bits per heavy atom.